The molecule has 0 amide bonds. The second-order valence-electron chi connectivity index (χ2n) is 4.67. The first kappa shape index (κ1) is 12.9. The minimum absolute atomic E-state index is 0.963. The molecule has 20 heavy (non-hydrogen) atoms. The zero-order valence-corrected chi connectivity index (χ0v) is 12.1. The van der Waals surface area contributed by atoms with Gasteiger partial charge in [-0.2, -0.15) is 0 Å². The summed E-state index contributed by atoms with van der Waals surface area (Å²) >= 11 is 1.82. The highest BCUT2D eigenvalue weighted by Gasteiger charge is 2.03. The van der Waals surface area contributed by atoms with Gasteiger partial charge in [0.15, 0.2) is 0 Å². The number of benzene rings is 2. The Morgan fingerprint density at radius 1 is 0.800 bits per heavy atom. The summed E-state index contributed by atoms with van der Waals surface area (Å²) in [4.78, 5) is 1.43. The van der Waals surface area contributed by atoms with Gasteiger partial charge in [0.2, 0.25) is 0 Å². The Bertz CT molecular complexity index is 644. The summed E-state index contributed by atoms with van der Waals surface area (Å²) in [6.45, 7) is 0.963. The summed E-state index contributed by atoms with van der Waals surface area (Å²) < 4.78 is 0. The largest absolute Gasteiger partial charge is 0.384 e. The molecule has 0 bridgehead atoms. The Morgan fingerprint density at radius 3 is 2.40 bits per heavy atom. The lowest BCUT2D eigenvalue weighted by Crippen LogP contribution is -2.04. The minimum Gasteiger partial charge on any atom is -0.384 e. The lowest BCUT2D eigenvalue weighted by molar-refractivity contribution is 1.04. The van der Waals surface area contributed by atoms with Gasteiger partial charge in [-0.15, -0.1) is 11.3 Å². The molecule has 2 aromatic carbocycles. The standard InChI is InChI=1S/C18H17NS/c1-2-7-15(8-3-1)17-10-4-5-11-18(17)19-13-12-16-9-6-14-20-16/h1-11,14,19H,12-13H2. The average Bonchev–Trinajstić information content (AvgIpc) is 3.02. The van der Waals surface area contributed by atoms with E-state index in [1.807, 2.05) is 11.3 Å². The third-order valence-electron chi connectivity index (χ3n) is 3.28. The van der Waals surface area contributed by atoms with Crippen LogP contribution in [0.15, 0.2) is 72.1 Å². The molecule has 1 aromatic heterocycles. The fourth-order valence-electron chi connectivity index (χ4n) is 2.28. The fraction of sp³-hybridized carbons (Fsp3) is 0.111. The zero-order chi connectivity index (χ0) is 13.6. The molecule has 3 aromatic rings. The van der Waals surface area contributed by atoms with Crippen molar-refractivity contribution in [1.29, 1.82) is 0 Å². The second-order valence-corrected chi connectivity index (χ2v) is 5.70. The van der Waals surface area contributed by atoms with Crippen LogP contribution < -0.4 is 5.32 Å². The highest BCUT2D eigenvalue weighted by molar-refractivity contribution is 7.09. The van der Waals surface area contributed by atoms with Crippen LogP contribution >= 0.6 is 11.3 Å². The van der Waals surface area contributed by atoms with E-state index in [0.29, 0.717) is 0 Å². The van der Waals surface area contributed by atoms with Crippen molar-refractivity contribution >= 4 is 17.0 Å². The molecule has 2 heteroatoms. The predicted molar refractivity (Wildman–Crippen MR) is 88.4 cm³/mol. The first-order valence-corrected chi connectivity index (χ1v) is 7.72. The first-order chi connectivity index (χ1) is 9.93. The van der Waals surface area contributed by atoms with Gasteiger partial charge >= 0.3 is 0 Å². The number of thiophene rings is 1. The molecule has 100 valence electrons. The van der Waals surface area contributed by atoms with Gasteiger partial charge in [0.25, 0.3) is 0 Å². The molecule has 0 radical (unpaired) electrons. The third-order valence-corrected chi connectivity index (χ3v) is 4.21. The molecule has 0 saturated carbocycles. The number of hydrogen-bond donors (Lipinski definition) is 1. The third kappa shape index (κ3) is 3.09. The van der Waals surface area contributed by atoms with Crippen LogP contribution in [0, 0.1) is 0 Å². The van der Waals surface area contributed by atoms with E-state index in [4.69, 9.17) is 0 Å². The van der Waals surface area contributed by atoms with Crippen LogP contribution in [0.3, 0.4) is 0 Å². The Labute approximate surface area is 123 Å². The van der Waals surface area contributed by atoms with Crippen LogP contribution in [0.5, 0.6) is 0 Å². The van der Waals surface area contributed by atoms with Crippen molar-refractivity contribution in [2.45, 2.75) is 6.42 Å². The van der Waals surface area contributed by atoms with Gasteiger partial charge in [-0.3, -0.25) is 0 Å². The molecule has 0 atom stereocenters. The van der Waals surface area contributed by atoms with E-state index in [-0.39, 0.29) is 0 Å². The molecule has 0 aliphatic carbocycles. The zero-order valence-electron chi connectivity index (χ0n) is 11.3. The number of para-hydroxylation sites is 1. The number of rotatable bonds is 5. The van der Waals surface area contributed by atoms with E-state index in [9.17, 15) is 0 Å². The highest BCUT2D eigenvalue weighted by Crippen LogP contribution is 2.27. The van der Waals surface area contributed by atoms with E-state index in [1.54, 1.807) is 0 Å². The number of anilines is 1. The maximum absolute atomic E-state index is 3.56. The number of hydrogen-bond acceptors (Lipinski definition) is 2. The summed E-state index contributed by atoms with van der Waals surface area (Å²) in [5.74, 6) is 0. The molecule has 1 heterocycles. The van der Waals surface area contributed by atoms with Crippen LogP contribution in [0.2, 0.25) is 0 Å². The quantitative estimate of drug-likeness (QED) is 0.687. The smallest absolute Gasteiger partial charge is 0.0419 e. The van der Waals surface area contributed by atoms with Crippen molar-refractivity contribution < 1.29 is 0 Å². The topological polar surface area (TPSA) is 12.0 Å². The highest BCUT2D eigenvalue weighted by atomic mass is 32.1. The van der Waals surface area contributed by atoms with Crippen LogP contribution in [-0.4, -0.2) is 6.54 Å². The molecule has 0 aliphatic heterocycles. The van der Waals surface area contributed by atoms with Crippen molar-refractivity contribution in [2.24, 2.45) is 0 Å². The molecule has 1 N–H and O–H groups in total. The Kier molecular flexibility index (Phi) is 4.14. The molecule has 0 fully saturated rings. The molecular formula is C18H17NS. The molecule has 0 unspecified atom stereocenters. The molecule has 0 spiro atoms. The van der Waals surface area contributed by atoms with Gasteiger partial charge in [0.05, 0.1) is 0 Å². The Hall–Kier alpha value is -2.06. The van der Waals surface area contributed by atoms with Crippen LogP contribution in [-0.2, 0) is 6.42 Å². The van der Waals surface area contributed by atoms with Gasteiger partial charge in [-0.1, -0.05) is 54.6 Å². The van der Waals surface area contributed by atoms with Gasteiger partial charge in [-0.25, -0.2) is 0 Å². The van der Waals surface area contributed by atoms with E-state index < -0.39 is 0 Å². The molecule has 1 nitrogen and oxygen atoms in total. The minimum atomic E-state index is 0.963. The summed E-state index contributed by atoms with van der Waals surface area (Å²) in [7, 11) is 0. The molecular weight excluding hydrogens is 262 g/mol. The van der Waals surface area contributed by atoms with E-state index in [1.165, 1.54) is 21.7 Å². The Balaban J connectivity index is 1.73. The maximum atomic E-state index is 3.56. The normalized spacial score (nSPS) is 10.4. The maximum Gasteiger partial charge on any atom is 0.0419 e. The van der Waals surface area contributed by atoms with Crippen molar-refractivity contribution in [3.05, 3.63) is 77.0 Å². The van der Waals surface area contributed by atoms with Gasteiger partial charge in [0.1, 0.15) is 0 Å². The lowest BCUT2D eigenvalue weighted by atomic mass is 10.0. The van der Waals surface area contributed by atoms with Crippen molar-refractivity contribution in [3.63, 3.8) is 0 Å². The number of nitrogens with one attached hydrogen (secondary N) is 1. The van der Waals surface area contributed by atoms with Gasteiger partial charge in [0, 0.05) is 22.7 Å². The Morgan fingerprint density at radius 2 is 1.60 bits per heavy atom. The van der Waals surface area contributed by atoms with Crippen LogP contribution in [0.25, 0.3) is 11.1 Å². The van der Waals surface area contributed by atoms with Crippen molar-refractivity contribution in [2.75, 3.05) is 11.9 Å². The van der Waals surface area contributed by atoms with Gasteiger partial charge in [-0.05, 0) is 29.5 Å². The van der Waals surface area contributed by atoms with Crippen LogP contribution in [0.4, 0.5) is 5.69 Å². The molecule has 0 aliphatic rings. The van der Waals surface area contributed by atoms with E-state index in [0.717, 1.165) is 13.0 Å². The summed E-state index contributed by atoms with van der Waals surface area (Å²) in [5, 5.41) is 5.69. The van der Waals surface area contributed by atoms with Crippen molar-refractivity contribution in [1.82, 2.24) is 0 Å². The summed E-state index contributed by atoms with van der Waals surface area (Å²) in [6.07, 6.45) is 1.07. The van der Waals surface area contributed by atoms with Crippen molar-refractivity contribution in [3.8, 4) is 11.1 Å². The molecule has 3 rings (SSSR count). The first-order valence-electron chi connectivity index (χ1n) is 6.84. The van der Waals surface area contributed by atoms with E-state index >= 15 is 0 Å². The predicted octanol–water partition coefficient (Wildman–Crippen LogP) is 5.07. The second kappa shape index (κ2) is 6.40. The van der Waals surface area contributed by atoms with E-state index in [2.05, 4.69) is 77.4 Å². The van der Waals surface area contributed by atoms with Crippen LogP contribution in [0.1, 0.15) is 4.88 Å². The lowest BCUT2D eigenvalue weighted by Gasteiger charge is -2.11. The monoisotopic (exact) mass is 279 g/mol. The average molecular weight is 279 g/mol. The fourth-order valence-corrected chi connectivity index (χ4v) is 2.99. The van der Waals surface area contributed by atoms with Gasteiger partial charge < -0.3 is 5.32 Å². The SMILES string of the molecule is c1ccc(-c2ccccc2NCCc2cccs2)cc1. The molecule has 0 saturated heterocycles. The summed E-state index contributed by atoms with van der Waals surface area (Å²) in [6, 6.07) is 23.3. The summed E-state index contributed by atoms with van der Waals surface area (Å²) in [5.41, 5.74) is 3.72.